The lowest BCUT2D eigenvalue weighted by atomic mass is 10.1. The van der Waals surface area contributed by atoms with E-state index in [-0.39, 0.29) is 24.3 Å². The van der Waals surface area contributed by atoms with Crippen LogP contribution in [-0.4, -0.2) is 53.4 Å². The number of morpholine rings is 1. The van der Waals surface area contributed by atoms with Gasteiger partial charge >= 0.3 is 0 Å². The van der Waals surface area contributed by atoms with Crippen molar-refractivity contribution in [2.45, 2.75) is 19.9 Å². The van der Waals surface area contributed by atoms with Crippen molar-refractivity contribution < 1.29 is 13.9 Å². The van der Waals surface area contributed by atoms with Crippen molar-refractivity contribution in [3.05, 3.63) is 47.5 Å². The summed E-state index contributed by atoms with van der Waals surface area (Å²) in [5.41, 5.74) is 2.17. The van der Waals surface area contributed by atoms with Gasteiger partial charge in [0.25, 0.3) is 0 Å². The molecule has 6 nitrogen and oxygen atoms in total. The molecule has 0 radical (unpaired) electrons. The summed E-state index contributed by atoms with van der Waals surface area (Å²) in [4.78, 5) is 13.9. The second kappa shape index (κ2) is 7.76. The lowest BCUT2D eigenvalue weighted by molar-refractivity contribution is -0.134. The summed E-state index contributed by atoms with van der Waals surface area (Å²) in [6.07, 6.45) is 3.47. The molecule has 1 aliphatic rings. The van der Waals surface area contributed by atoms with E-state index in [1.165, 1.54) is 10.7 Å². The number of aromatic nitrogens is 2. The molecular weight excluding hydrogens is 323 g/mol. The van der Waals surface area contributed by atoms with Crippen LogP contribution in [-0.2, 0) is 9.53 Å². The molecule has 1 aliphatic heterocycles. The minimum absolute atomic E-state index is 0.0410. The molecule has 1 unspecified atom stereocenters. The van der Waals surface area contributed by atoms with Crippen LogP contribution in [0.25, 0.3) is 5.69 Å². The number of benzene rings is 1. The number of carbonyl (C=O) groups is 1. The molecule has 7 heteroatoms. The highest BCUT2D eigenvalue weighted by Crippen LogP contribution is 2.19. The maximum Gasteiger partial charge on any atom is 0.236 e. The molecule has 1 amide bonds. The number of hydrogen-bond acceptors (Lipinski definition) is 4. The van der Waals surface area contributed by atoms with Gasteiger partial charge in [0, 0.05) is 25.3 Å². The van der Waals surface area contributed by atoms with Crippen molar-refractivity contribution in [1.82, 2.24) is 20.0 Å². The monoisotopic (exact) mass is 346 g/mol. The number of ether oxygens (including phenoxy) is 1. The number of nitrogens with one attached hydrogen (secondary N) is 1. The fraction of sp³-hybridized carbons (Fsp3) is 0.444. The Bertz CT molecular complexity index is 740. The molecular formula is C18H23FN4O2. The Labute approximate surface area is 146 Å². The largest absolute Gasteiger partial charge is 0.378 e. The second-order valence-corrected chi connectivity index (χ2v) is 6.27. The summed E-state index contributed by atoms with van der Waals surface area (Å²) in [6.45, 7) is 6.47. The van der Waals surface area contributed by atoms with Crippen LogP contribution in [0.3, 0.4) is 0 Å². The number of carbonyl (C=O) groups excluding carboxylic acids is 1. The van der Waals surface area contributed by atoms with Crippen LogP contribution in [0.2, 0.25) is 0 Å². The molecule has 3 rings (SSSR count). The van der Waals surface area contributed by atoms with E-state index in [1.807, 2.05) is 19.9 Å². The molecule has 134 valence electrons. The Hall–Kier alpha value is -2.25. The predicted octanol–water partition coefficient (Wildman–Crippen LogP) is 1.83. The lowest BCUT2D eigenvalue weighted by Crippen LogP contribution is -2.45. The highest BCUT2D eigenvalue weighted by Gasteiger charge is 2.18. The van der Waals surface area contributed by atoms with Crippen LogP contribution in [0.15, 0.2) is 30.6 Å². The topological polar surface area (TPSA) is 59.4 Å². The number of hydrogen-bond donors (Lipinski definition) is 1. The van der Waals surface area contributed by atoms with E-state index < -0.39 is 0 Å². The molecule has 0 bridgehead atoms. The van der Waals surface area contributed by atoms with Gasteiger partial charge in [-0.3, -0.25) is 4.79 Å². The van der Waals surface area contributed by atoms with Crippen molar-refractivity contribution in [3.8, 4) is 5.69 Å². The zero-order valence-corrected chi connectivity index (χ0v) is 14.5. The molecule has 1 fully saturated rings. The number of nitrogens with zero attached hydrogens (tertiary/aromatic N) is 3. The number of halogens is 1. The maximum absolute atomic E-state index is 14.4. The molecule has 1 aromatic heterocycles. The molecule has 1 aromatic carbocycles. The van der Waals surface area contributed by atoms with E-state index in [4.69, 9.17) is 4.74 Å². The second-order valence-electron chi connectivity index (χ2n) is 6.27. The average Bonchev–Trinajstić information content (AvgIpc) is 3.06. The van der Waals surface area contributed by atoms with Gasteiger partial charge in [-0.2, -0.15) is 5.10 Å². The molecule has 1 atom stereocenters. The van der Waals surface area contributed by atoms with Crippen molar-refractivity contribution in [1.29, 1.82) is 0 Å². The quantitative estimate of drug-likeness (QED) is 0.897. The highest BCUT2D eigenvalue weighted by atomic mass is 19.1. The summed E-state index contributed by atoms with van der Waals surface area (Å²) < 4.78 is 21.2. The maximum atomic E-state index is 14.4. The summed E-state index contributed by atoms with van der Waals surface area (Å²) >= 11 is 0. The Balaban J connectivity index is 1.61. The number of amides is 1. The minimum Gasteiger partial charge on any atom is -0.378 e. The van der Waals surface area contributed by atoms with E-state index in [1.54, 1.807) is 23.4 Å². The van der Waals surface area contributed by atoms with Gasteiger partial charge in [-0.1, -0.05) is 6.07 Å². The van der Waals surface area contributed by atoms with E-state index >= 15 is 0 Å². The van der Waals surface area contributed by atoms with Crippen molar-refractivity contribution in [2.75, 3.05) is 32.8 Å². The molecule has 25 heavy (non-hydrogen) atoms. The third-order valence-electron chi connectivity index (χ3n) is 4.35. The van der Waals surface area contributed by atoms with Gasteiger partial charge in [-0.05, 0) is 37.1 Å². The summed E-state index contributed by atoms with van der Waals surface area (Å²) in [6, 6.07) is 4.92. The van der Waals surface area contributed by atoms with Crippen LogP contribution in [0.4, 0.5) is 4.39 Å². The van der Waals surface area contributed by atoms with E-state index in [0.717, 1.165) is 11.1 Å². The van der Waals surface area contributed by atoms with Gasteiger partial charge < -0.3 is 15.0 Å². The van der Waals surface area contributed by atoms with Crippen LogP contribution in [0.1, 0.15) is 24.1 Å². The van der Waals surface area contributed by atoms with Crippen LogP contribution < -0.4 is 5.32 Å². The summed E-state index contributed by atoms with van der Waals surface area (Å²) in [7, 11) is 0. The van der Waals surface area contributed by atoms with Gasteiger partial charge in [0.1, 0.15) is 11.5 Å². The van der Waals surface area contributed by atoms with Crippen molar-refractivity contribution >= 4 is 5.91 Å². The van der Waals surface area contributed by atoms with Crippen molar-refractivity contribution in [2.24, 2.45) is 0 Å². The Morgan fingerprint density at radius 3 is 2.80 bits per heavy atom. The molecule has 2 heterocycles. The zero-order valence-electron chi connectivity index (χ0n) is 14.5. The van der Waals surface area contributed by atoms with Crippen molar-refractivity contribution in [3.63, 3.8) is 0 Å². The number of aryl methyl sites for hydroxylation is 1. The Morgan fingerprint density at radius 1 is 1.40 bits per heavy atom. The molecule has 1 N–H and O–H groups in total. The van der Waals surface area contributed by atoms with E-state index in [0.29, 0.717) is 32.0 Å². The van der Waals surface area contributed by atoms with Gasteiger partial charge in [-0.25, -0.2) is 9.07 Å². The lowest BCUT2D eigenvalue weighted by Gasteiger charge is -2.27. The summed E-state index contributed by atoms with van der Waals surface area (Å²) in [5.74, 6) is -0.298. The number of rotatable bonds is 5. The SMILES string of the molecule is Cc1cnn(-c2ccc(C(C)NCC(=O)N3CCOCC3)cc2F)c1. The first kappa shape index (κ1) is 17.6. The fourth-order valence-electron chi connectivity index (χ4n) is 2.81. The van der Waals surface area contributed by atoms with Crippen LogP contribution >= 0.6 is 0 Å². The van der Waals surface area contributed by atoms with E-state index in [9.17, 15) is 9.18 Å². The molecule has 1 saturated heterocycles. The van der Waals surface area contributed by atoms with Gasteiger partial charge in [0.15, 0.2) is 0 Å². The van der Waals surface area contributed by atoms with E-state index in [2.05, 4.69) is 10.4 Å². The Morgan fingerprint density at radius 2 is 2.16 bits per heavy atom. The molecule has 2 aromatic rings. The third kappa shape index (κ3) is 4.24. The first-order valence-corrected chi connectivity index (χ1v) is 8.44. The van der Waals surface area contributed by atoms with Gasteiger partial charge in [-0.15, -0.1) is 0 Å². The minimum atomic E-state index is -0.339. The fourth-order valence-corrected chi connectivity index (χ4v) is 2.81. The van der Waals surface area contributed by atoms with Crippen LogP contribution in [0, 0.1) is 12.7 Å². The normalized spacial score (nSPS) is 16.0. The average molecular weight is 346 g/mol. The highest BCUT2D eigenvalue weighted by molar-refractivity contribution is 5.78. The Kier molecular flexibility index (Phi) is 5.45. The standard InChI is InChI=1S/C18H23FN4O2/c1-13-10-21-23(12-13)17-4-3-15(9-16(17)19)14(2)20-11-18(24)22-5-7-25-8-6-22/h3-4,9-10,12,14,20H,5-8,11H2,1-2H3. The smallest absolute Gasteiger partial charge is 0.236 e. The molecule has 0 spiro atoms. The molecule has 0 aliphatic carbocycles. The van der Waals surface area contributed by atoms with Gasteiger partial charge in [0.2, 0.25) is 5.91 Å². The zero-order chi connectivity index (χ0) is 17.8. The summed E-state index contributed by atoms with van der Waals surface area (Å²) in [5, 5.41) is 7.30. The molecule has 0 saturated carbocycles. The van der Waals surface area contributed by atoms with Gasteiger partial charge in [0.05, 0.1) is 26.0 Å². The third-order valence-corrected chi connectivity index (χ3v) is 4.35. The van der Waals surface area contributed by atoms with Crippen LogP contribution in [0.5, 0.6) is 0 Å². The first-order chi connectivity index (χ1) is 12.0. The first-order valence-electron chi connectivity index (χ1n) is 8.44. The predicted molar refractivity (Wildman–Crippen MR) is 92.1 cm³/mol.